The molecule has 0 aliphatic rings. The molecular weight excluding hydrogens is 458 g/mol. The number of carbonyl (C=O) groups excluding carboxylic acids is 1. The minimum Gasteiger partial charge on any atom is -0.461 e. The molecule has 7 nitrogen and oxygen atoms in total. The van der Waals surface area contributed by atoms with Gasteiger partial charge in [-0.25, -0.2) is 9.59 Å². The maximum Gasteiger partial charge on any atom is 0.392 e. The molecular formula is C17H18F6N2O5S. The summed E-state index contributed by atoms with van der Waals surface area (Å²) in [5.41, 5.74) is -2.04. The number of carbonyl (C=O) groups is 1. The Morgan fingerprint density at radius 3 is 2.13 bits per heavy atom. The van der Waals surface area contributed by atoms with Gasteiger partial charge in [0.05, 0.1) is 31.4 Å². The van der Waals surface area contributed by atoms with Gasteiger partial charge >= 0.3 is 24.0 Å². The maximum absolute atomic E-state index is 12.8. The maximum atomic E-state index is 12.8. The largest absolute Gasteiger partial charge is 0.461 e. The lowest BCUT2D eigenvalue weighted by molar-refractivity contribution is -0.141. The lowest BCUT2D eigenvalue weighted by Crippen LogP contribution is -2.41. The van der Waals surface area contributed by atoms with Crippen molar-refractivity contribution in [2.75, 3.05) is 20.3 Å². The van der Waals surface area contributed by atoms with Crippen LogP contribution >= 0.6 is 11.3 Å². The molecule has 0 spiro atoms. The predicted molar refractivity (Wildman–Crippen MR) is 98.6 cm³/mol. The van der Waals surface area contributed by atoms with Crippen LogP contribution in [0.5, 0.6) is 0 Å². The number of hydrogen-bond donors (Lipinski definition) is 0. The fourth-order valence-electron chi connectivity index (χ4n) is 2.73. The average molecular weight is 476 g/mol. The van der Waals surface area contributed by atoms with E-state index >= 15 is 0 Å². The Kier molecular flexibility index (Phi) is 7.57. The van der Waals surface area contributed by atoms with Crippen molar-refractivity contribution < 1.29 is 40.6 Å². The van der Waals surface area contributed by atoms with Crippen LogP contribution < -0.4 is 11.2 Å². The number of esters is 1. The summed E-state index contributed by atoms with van der Waals surface area (Å²) in [7, 11) is 1.32. The van der Waals surface area contributed by atoms with Crippen molar-refractivity contribution in [2.45, 2.75) is 45.2 Å². The van der Waals surface area contributed by atoms with Crippen molar-refractivity contribution in [3.8, 4) is 0 Å². The zero-order chi connectivity index (χ0) is 23.6. The number of alkyl halides is 6. The number of halogens is 6. The second-order valence-corrected chi connectivity index (χ2v) is 7.49. The van der Waals surface area contributed by atoms with Gasteiger partial charge in [0.1, 0.15) is 16.3 Å². The Morgan fingerprint density at radius 2 is 1.58 bits per heavy atom. The molecule has 0 atom stereocenters. The molecule has 0 fully saturated rings. The monoisotopic (exact) mass is 476 g/mol. The summed E-state index contributed by atoms with van der Waals surface area (Å²) in [5, 5.41) is -0.175. The summed E-state index contributed by atoms with van der Waals surface area (Å²) in [5.74, 6) is -1.13. The first-order valence-electron chi connectivity index (χ1n) is 8.83. The van der Waals surface area contributed by atoms with Crippen LogP contribution in [0.2, 0.25) is 0 Å². The van der Waals surface area contributed by atoms with Crippen LogP contribution in [-0.2, 0) is 22.6 Å². The molecule has 0 unspecified atom stereocenters. The standard InChI is InChI=1S/C17H18F6N2O5S/c1-9-10-12(26)24(5-3-16(18,19)20)15(28)25(6-8-29-2)13(10)31-11(9)14(27)30-7-4-17(21,22)23/h3-8H2,1-2H3. The van der Waals surface area contributed by atoms with Crippen molar-refractivity contribution in [1.82, 2.24) is 9.13 Å². The van der Waals surface area contributed by atoms with E-state index in [1.165, 1.54) is 14.0 Å². The Balaban J connectivity index is 2.56. The zero-order valence-corrected chi connectivity index (χ0v) is 17.2. The molecule has 0 aliphatic carbocycles. The van der Waals surface area contributed by atoms with Crippen molar-refractivity contribution in [2.24, 2.45) is 0 Å². The third-order valence-electron chi connectivity index (χ3n) is 4.24. The first-order valence-corrected chi connectivity index (χ1v) is 9.64. The SMILES string of the molecule is COCCn1c(=O)n(CCC(F)(F)F)c(=O)c2c(C)c(C(=O)OCCC(F)(F)F)sc21. The van der Waals surface area contributed by atoms with E-state index in [4.69, 9.17) is 4.74 Å². The Hall–Kier alpha value is -2.35. The van der Waals surface area contributed by atoms with Crippen LogP contribution in [0.25, 0.3) is 10.2 Å². The molecule has 0 amide bonds. The van der Waals surface area contributed by atoms with E-state index in [1.807, 2.05) is 0 Å². The van der Waals surface area contributed by atoms with Crippen LogP contribution in [0, 0.1) is 6.92 Å². The molecule has 2 aromatic heterocycles. The molecule has 14 heteroatoms. The molecule has 31 heavy (non-hydrogen) atoms. The Labute approximate surface area is 174 Å². The molecule has 174 valence electrons. The molecule has 2 rings (SSSR count). The van der Waals surface area contributed by atoms with E-state index in [0.717, 1.165) is 4.57 Å². The zero-order valence-electron chi connectivity index (χ0n) is 16.4. The van der Waals surface area contributed by atoms with Gasteiger partial charge in [-0.3, -0.25) is 13.9 Å². The number of thiophene rings is 1. The highest BCUT2D eigenvalue weighted by Crippen LogP contribution is 2.29. The summed E-state index contributed by atoms with van der Waals surface area (Å²) in [4.78, 5) is 37.4. The second kappa shape index (κ2) is 9.42. The molecule has 0 saturated heterocycles. The number of nitrogens with zero attached hydrogens (tertiary/aromatic N) is 2. The van der Waals surface area contributed by atoms with Gasteiger partial charge in [-0.05, 0) is 12.5 Å². The number of hydrogen-bond acceptors (Lipinski definition) is 6. The van der Waals surface area contributed by atoms with Gasteiger partial charge in [0.15, 0.2) is 0 Å². The molecule has 0 aliphatic heterocycles. The van der Waals surface area contributed by atoms with Gasteiger partial charge in [-0.15, -0.1) is 11.3 Å². The van der Waals surface area contributed by atoms with Gasteiger partial charge in [-0.2, -0.15) is 26.3 Å². The molecule has 0 bridgehead atoms. The molecule has 0 saturated carbocycles. The van der Waals surface area contributed by atoms with Gasteiger partial charge in [-0.1, -0.05) is 0 Å². The number of rotatable bonds is 8. The van der Waals surface area contributed by atoms with E-state index in [-0.39, 0.29) is 33.8 Å². The summed E-state index contributed by atoms with van der Waals surface area (Å²) >= 11 is 0.644. The van der Waals surface area contributed by atoms with Crippen molar-refractivity contribution >= 4 is 27.5 Å². The normalized spacial score (nSPS) is 12.5. The Bertz CT molecular complexity index is 1070. The summed E-state index contributed by atoms with van der Waals surface area (Å²) in [6.07, 6.45) is -11.9. The van der Waals surface area contributed by atoms with Crippen molar-refractivity contribution in [3.05, 3.63) is 31.3 Å². The van der Waals surface area contributed by atoms with E-state index in [0.29, 0.717) is 15.9 Å². The minimum atomic E-state index is -4.62. The highest BCUT2D eigenvalue weighted by Gasteiger charge is 2.30. The first-order chi connectivity index (χ1) is 14.3. The smallest absolute Gasteiger partial charge is 0.392 e. The predicted octanol–water partition coefficient (Wildman–Crippen LogP) is 3.24. The third-order valence-corrected chi connectivity index (χ3v) is 5.53. The number of ether oxygens (including phenoxy) is 2. The number of fused-ring (bicyclic) bond motifs is 1. The van der Waals surface area contributed by atoms with Gasteiger partial charge in [0.25, 0.3) is 5.56 Å². The fraction of sp³-hybridized carbons (Fsp3) is 0.588. The van der Waals surface area contributed by atoms with Gasteiger partial charge in [0, 0.05) is 13.7 Å². The highest BCUT2D eigenvalue weighted by atomic mass is 32.1. The van der Waals surface area contributed by atoms with Crippen molar-refractivity contribution in [1.29, 1.82) is 0 Å². The lowest BCUT2D eigenvalue weighted by atomic mass is 10.2. The number of aromatic nitrogens is 2. The molecule has 0 aromatic carbocycles. The molecule has 2 aromatic rings. The fourth-order valence-corrected chi connectivity index (χ4v) is 3.94. The lowest BCUT2D eigenvalue weighted by Gasteiger charge is -2.12. The summed E-state index contributed by atoms with van der Waals surface area (Å²) < 4.78 is 85.6. The van der Waals surface area contributed by atoms with Crippen LogP contribution in [0.1, 0.15) is 28.1 Å². The quantitative estimate of drug-likeness (QED) is 0.432. The van der Waals surface area contributed by atoms with Crippen LogP contribution in [0.3, 0.4) is 0 Å². The van der Waals surface area contributed by atoms with Gasteiger partial charge in [0.2, 0.25) is 0 Å². The molecule has 0 N–H and O–H groups in total. The highest BCUT2D eigenvalue weighted by molar-refractivity contribution is 7.20. The van der Waals surface area contributed by atoms with Crippen molar-refractivity contribution in [3.63, 3.8) is 0 Å². The summed E-state index contributed by atoms with van der Waals surface area (Å²) in [6, 6.07) is 0. The van der Waals surface area contributed by atoms with E-state index < -0.39 is 55.6 Å². The van der Waals surface area contributed by atoms with Crippen LogP contribution in [0.15, 0.2) is 9.59 Å². The summed E-state index contributed by atoms with van der Waals surface area (Å²) in [6.45, 7) is -0.706. The molecule has 0 radical (unpaired) electrons. The van der Waals surface area contributed by atoms with Gasteiger partial charge < -0.3 is 9.47 Å². The minimum absolute atomic E-state index is 0.00409. The van der Waals surface area contributed by atoms with E-state index in [2.05, 4.69) is 4.74 Å². The topological polar surface area (TPSA) is 79.5 Å². The van der Waals surface area contributed by atoms with Crippen LogP contribution in [-0.4, -0.2) is 47.8 Å². The van der Waals surface area contributed by atoms with E-state index in [1.54, 1.807) is 0 Å². The Morgan fingerprint density at radius 1 is 0.968 bits per heavy atom. The number of methoxy groups -OCH3 is 1. The van der Waals surface area contributed by atoms with E-state index in [9.17, 15) is 40.7 Å². The van der Waals surface area contributed by atoms with Crippen LogP contribution in [0.4, 0.5) is 26.3 Å². The number of aryl methyl sites for hydroxylation is 1. The average Bonchev–Trinajstić information content (AvgIpc) is 2.97. The molecule has 2 heterocycles. The second-order valence-electron chi connectivity index (χ2n) is 6.49. The first kappa shape index (κ1) is 24.9. The third kappa shape index (κ3) is 6.09.